The van der Waals surface area contributed by atoms with Gasteiger partial charge in [0.2, 0.25) is 0 Å². The third-order valence-electron chi connectivity index (χ3n) is 1.93. The lowest BCUT2D eigenvalue weighted by atomic mass is 10.1. The van der Waals surface area contributed by atoms with Gasteiger partial charge >= 0.3 is 0 Å². The van der Waals surface area contributed by atoms with E-state index in [9.17, 15) is 0 Å². The number of thiocarbonyl (C=S) groups is 1. The van der Waals surface area contributed by atoms with E-state index in [-0.39, 0.29) is 0 Å². The largest absolute Gasteiger partial charge is 0.388 e. The van der Waals surface area contributed by atoms with Crippen LogP contribution in [0.3, 0.4) is 0 Å². The van der Waals surface area contributed by atoms with E-state index in [2.05, 4.69) is 10.5 Å². The van der Waals surface area contributed by atoms with Gasteiger partial charge in [0.25, 0.3) is 0 Å². The average Bonchev–Trinajstić information content (AvgIpc) is 2.39. The number of fused-ring (bicyclic) bond motifs is 1. The van der Waals surface area contributed by atoms with Gasteiger partial charge in [0.1, 0.15) is 10.7 Å². The van der Waals surface area contributed by atoms with E-state index in [1.165, 1.54) is 0 Å². The fourth-order valence-electron chi connectivity index (χ4n) is 1.21. The van der Waals surface area contributed by atoms with E-state index in [0.717, 1.165) is 11.3 Å². The highest BCUT2D eigenvalue weighted by atomic mass is 32.1. The van der Waals surface area contributed by atoms with E-state index in [1.54, 1.807) is 6.08 Å². The predicted molar refractivity (Wildman–Crippen MR) is 63.3 cm³/mol. The van der Waals surface area contributed by atoms with Gasteiger partial charge < -0.3 is 5.73 Å². The van der Waals surface area contributed by atoms with Crippen LogP contribution in [0.5, 0.6) is 0 Å². The highest BCUT2D eigenvalue weighted by molar-refractivity contribution is 7.82. The molecule has 1 aromatic carbocycles. The molecular formula is C10H9N3S. The molecule has 2 rings (SSSR count). The van der Waals surface area contributed by atoms with Gasteiger partial charge in [0.15, 0.2) is 0 Å². The van der Waals surface area contributed by atoms with Crippen molar-refractivity contribution in [3.8, 4) is 0 Å². The molecule has 0 spiro atoms. The first-order valence-electron chi connectivity index (χ1n) is 4.18. The average molecular weight is 203 g/mol. The van der Waals surface area contributed by atoms with Crippen LogP contribution in [0.2, 0.25) is 0 Å². The molecule has 1 aromatic rings. The van der Waals surface area contributed by atoms with Crippen molar-refractivity contribution >= 4 is 34.7 Å². The Morgan fingerprint density at radius 1 is 1.29 bits per heavy atom. The molecule has 0 aliphatic carbocycles. The predicted octanol–water partition coefficient (Wildman–Crippen LogP) is 1.77. The number of hydrogen-bond acceptors (Lipinski definition) is 3. The maximum absolute atomic E-state index is 5.48. The number of hydrazone groups is 1. The van der Waals surface area contributed by atoms with Gasteiger partial charge in [-0.25, -0.2) is 0 Å². The molecule has 1 heterocycles. The zero-order chi connectivity index (χ0) is 9.97. The third-order valence-corrected chi connectivity index (χ3v) is 2.14. The van der Waals surface area contributed by atoms with Crippen LogP contribution in [0.15, 0.2) is 35.4 Å². The van der Waals surface area contributed by atoms with Gasteiger partial charge in [-0.05, 0) is 17.7 Å². The third kappa shape index (κ3) is 1.65. The SMILES string of the molecule is NC(=S)C1=NNc2ccccc2C=C1. The first-order chi connectivity index (χ1) is 6.77. The summed E-state index contributed by atoms with van der Waals surface area (Å²) in [6.07, 6.45) is 3.74. The molecule has 0 unspecified atom stereocenters. The van der Waals surface area contributed by atoms with E-state index in [1.807, 2.05) is 30.3 Å². The van der Waals surface area contributed by atoms with Crippen molar-refractivity contribution in [2.45, 2.75) is 0 Å². The minimum Gasteiger partial charge on any atom is -0.388 e. The topological polar surface area (TPSA) is 50.4 Å². The first kappa shape index (κ1) is 8.90. The Morgan fingerprint density at radius 3 is 2.86 bits per heavy atom. The number of anilines is 1. The van der Waals surface area contributed by atoms with E-state index >= 15 is 0 Å². The molecule has 70 valence electrons. The Balaban J connectivity index is 2.41. The lowest BCUT2D eigenvalue weighted by Crippen LogP contribution is -2.19. The summed E-state index contributed by atoms with van der Waals surface area (Å²) >= 11 is 4.84. The summed E-state index contributed by atoms with van der Waals surface area (Å²) in [7, 11) is 0. The molecule has 3 N–H and O–H groups in total. The maximum atomic E-state index is 5.48. The maximum Gasteiger partial charge on any atom is 0.124 e. The highest BCUT2D eigenvalue weighted by Gasteiger charge is 2.04. The summed E-state index contributed by atoms with van der Waals surface area (Å²) < 4.78 is 0. The molecular weight excluding hydrogens is 194 g/mol. The number of rotatable bonds is 1. The Kier molecular flexibility index (Phi) is 2.28. The van der Waals surface area contributed by atoms with Gasteiger partial charge in [-0.2, -0.15) is 5.10 Å². The molecule has 14 heavy (non-hydrogen) atoms. The molecule has 0 amide bonds. The van der Waals surface area contributed by atoms with Gasteiger partial charge in [0, 0.05) is 0 Å². The van der Waals surface area contributed by atoms with Crippen LogP contribution < -0.4 is 11.2 Å². The van der Waals surface area contributed by atoms with Crippen molar-refractivity contribution in [1.29, 1.82) is 0 Å². The molecule has 4 heteroatoms. The second-order valence-electron chi connectivity index (χ2n) is 2.89. The van der Waals surface area contributed by atoms with Gasteiger partial charge in [0.05, 0.1) is 5.69 Å². The molecule has 0 bridgehead atoms. The van der Waals surface area contributed by atoms with Crippen molar-refractivity contribution in [3.05, 3.63) is 35.9 Å². The van der Waals surface area contributed by atoms with E-state index < -0.39 is 0 Å². The van der Waals surface area contributed by atoms with Crippen LogP contribution in [0.25, 0.3) is 6.08 Å². The zero-order valence-corrected chi connectivity index (χ0v) is 8.21. The fraction of sp³-hybridized carbons (Fsp3) is 0. The molecule has 1 aliphatic rings. The molecule has 0 radical (unpaired) electrons. The monoisotopic (exact) mass is 203 g/mol. The fourth-order valence-corrected chi connectivity index (χ4v) is 1.32. The van der Waals surface area contributed by atoms with Gasteiger partial charge in [-0.3, -0.25) is 5.43 Å². The number of hydrogen-bond donors (Lipinski definition) is 2. The van der Waals surface area contributed by atoms with Crippen molar-refractivity contribution < 1.29 is 0 Å². The summed E-state index contributed by atoms with van der Waals surface area (Å²) in [5, 5.41) is 4.08. The Labute approximate surface area is 87.3 Å². The Hall–Kier alpha value is -1.68. The number of nitrogens with zero attached hydrogens (tertiary/aromatic N) is 1. The number of nitrogens with one attached hydrogen (secondary N) is 1. The molecule has 1 aliphatic heterocycles. The summed E-state index contributed by atoms with van der Waals surface area (Å²) in [5.41, 5.74) is 11.0. The normalized spacial score (nSPS) is 13.6. The van der Waals surface area contributed by atoms with Crippen molar-refractivity contribution in [3.63, 3.8) is 0 Å². The van der Waals surface area contributed by atoms with Crippen LogP contribution in [0.4, 0.5) is 5.69 Å². The van der Waals surface area contributed by atoms with Gasteiger partial charge in [-0.1, -0.05) is 36.5 Å². The number of para-hydroxylation sites is 1. The standard InChI is InChI=1S/C10H9N3S/c11-10(14)9-6-5-7-3-1-2-4-8(7)12-13-9/h1-6,12H,(H2,11,14). The summed E-state index contributed by atoms with van der Waals surface area (Å²) in [4.78, 5) is 0.293. The minimum absolute atomic E-state index is 0.293. The van der Waals surface area contributed by atoms with Crippen molar-refractivity contribution in [2.75, 3.05) is 5.43 Å². The van der Waals surface area contributed by atoms with Crippen LogP contribution in [0.1, 0.15) is 5.56 Å². The summed E-state index contributed by atoms with van der Waals surface area (Å²) in [5.74, 6) is 0. The summed E-state index contributed by atoms with van der Waals surface area (Å²) in [6, 6.07) is 7.86. The van der Waals surface area contributed by atoms with E-state index in [4.69, 9.17) is 18.0 Å². The summed E-state index contributed by atoms with van der Waals surface area (Å²) in [6.45, 7) is 0. The molecule has 3 nitrogen and oxygen atoms in total. The Morgan fingerprint density at radius 2 is 2.07 bits per heavy atom. The molecule has 0 aromatic heterocycles. The first-order valence-corrected chi connectivity index (χ1v) is 4.59. The van der Waals surface area contributed by atoms with Crippen LogP contribution in [-0.4, -0.2) is 10.7 Å². The van der Waals surface area contributed by atoms with Crippen LogP contribution in [-0.2, 0) is 0 Å². The van der Waals surface area contributed by atoms with E-state index in [0.29, 0.717) is 10.7 Å². The molecule has 0 saturated carbocycles. The highest BCUT2D eigenvalue weighted by Crippen LogP contribution is 2.18. The molecule has 0 atom stereocenters. The smallest absolute Gasteiger partial charge is 0.124 e. The second-order valence-corrected chi connectivity index (χ2v) is 3.33. The van der Waals surface area contributed by atoms with Gasteiger partial charge in [-0.15, -0.1) is 0 Å². The zero-order valence-electron chi connectivity index (χ0n) is 7.40. The Bertz CT molecular complexity index is 435. The van der Waals surface area contributed by atoms with Crippen LogP contribution in [0, 0.1) is 0 Å². The second kappa shape index (κ2) is 3.59. The quantitative estimate of drug-likeness (QED) is 0.684. The molecule has 0 fully saturated rings. The lowest BCUT2D eigenvalue weighted by Gasteiger charge is -2.01. The number of benzene rings is 1. The van der Waals surface area contributed by atoms with Crippen molar-refractivity contribution in [1.82, 2.24) is 0 Å². The molecule has 0 saturated heterocycles. The lowest BCUT2D eigenvalue weighted by molar-refractivity contribution is 1.35. The minimum atomic E-state index is 0.293. The van der Waals surface area contributed by atoms with Crippen molar-refractivity contribution in [2.24, 2.45) is 10.8 Å². The number of nitrogens with two attached hydrogens (primary N) is 1. The van der Waals surface area contributed by atoms with Crippen LogP contribution >= 0.6 is 12.2 Å².